The monoisotopic (exact) mass is 244 g/mol. The summed E-state index contributed by atoms with van der Waals surface area (Å²) in [5.74, 6) is -1.30. The minimum absolute atomic E-state index is 0.287. The van der Waals surface area contributed by atoms with Crippen LogP contribution in [0.5, 0.6) is 0 Å². The second kappa shape index (κ2) is 5.97. The molecule has 0 aromatic heterocycles. The summed E-state index contributed by atoms with van der Waals surface area (Å²) >= 11 is 0. The van der Waals surface area contributed by atoms with Gasteiger partial charge in [-0.15, -0.1) is 0 Å². The standard InChI is InChI=1S/C11H20N2O4/c1-3-11(4-2,10(15)16)13-9(14)8-7-17-6-5-12-8/h8,12H,3-7H2,1-2H3,(H,13,14)(H,15,16). The number of amides is 1. The second-order valence-electron chi connectivity index (χ2n) is 4.17. The zero-order valence-electron chi connectivity index (χ0n) is 10.3. The van der Waals surface area contributed by atoms with Crippen molar-refractivity contribution < 1.29 is 19.4 Å². The predicted molar refractivity (Wildman–Crippen MR) is 61.7 cm³/mol. The van der Waals surface area contributed by atoms with E-state index in [1.54, 1.807) is 13.8 Å². The number of ether oxygens (including phenoxy) is 1. The molecule has 0 aromatic carbocycles. The third-order valence-electron chi connectivity index (χ3n) is 3.22. The van der Waals surface area contributed by atoms with E-state index in [0.29, 0.717) is 26.0 Å². The van der Waals surface area contributed by atoms with Crippen molar-refractivity contribution in [2.45, 2.75) is 38.3 Å². The van der Waals surface area contributed by atoms with Crippen molar-refractivity contribution in [3.63, 3.8) is 0 Å². The molecule has 17 heavy (non-hydrogen) atoms. The van der Waals surface area contributed by atoms with Crippen molar-refractivity contribution >= 4 is 11.9 Å². The number of carbonyl (C=O) groups is 2. The molecule has 3 N–H and O–H groups in total. The van der Waals surface area contributed by atoms with E-state index in [0.717, 1.165) is 0 Å². The number of hydrogen-bond acceptors (Lipinski definition) is 4. The van der Waals surface area contributed by atoms with Gasteiger partial charge in [-0.05, 0) is 12.8 Å². The zero-order chi connectivity index (χ0) is 12.9. The fraction of sp³-hybridized carbons (Fsp3) is 0.818. The van der Waals surface area contributed by atoms with Gasteiger partial charge in [0.25, 0.3) is 0 Å². The van der Waals surface area contributed by atoms with Gasteiger partial charge < -0.3 is 20.5 Å². The normalized spacial score (nSPS) is 20.9. The van der Waals surface area contributed by atoms with Crippen LogP contribution in [-0.4, -0.2) is 48.3 Å². The molecule has 0 spiro atoms. The fourth-order valence-electron chi connectivity index (χ4n) is 1.84. The number of hydrogen-bond donors (Lipinski definition) is 3. The first-order valence-corrected chi connectivity index (χ1v) is 5.92. The van der Waals surface area contributed by atoms with Crippen molar-refractivity contribution in [1.29, 1.82) is 0 Å². The van der Waals surface area contributed by atoms with Gasteiger partial charge in [0.15, 0.2) is 0 Å². The van der Waals surface area contributed by atoms with E-state index < -0.39 is 17.6 Å². The molecule has 1 amide bonds. The Balaban J connectivity index is 2.66. The van der Waals surface area contributed by atoms with Crippen molar-refractivity contribution in [1.82, 2.24) is 10.6 Å². The molecule has 1 heterocycles. The van der Waals surface area contributed by atoms with Gasteiger partial charge >= 0.3 is 5.97 Å². The Labute approximate surface area is 101 Å². The third-order valence-corrected chi connectivity index (χ3v) is 3.22. The maximum absolute atomic E-state index is 11.9. The molecule has 1 unspecified atom stereocenters. The van der Waals surface area contributed by atoms with Gasteiger partial charge in [0.05, 0.1) is 13.2 Å². The van der Waals surface area contributed by atoms with E-state index in [2.05, 4.69) is 10.6 Å². The van der Waals surface area contributed by atoms with Gasteiger partial charge in [-0.25, -0.2) is 4.79 Å². The summed E-state index contributed by atoms with van der Waals surface area (Å²) < 4.78 is 5.17. The quantitative estimate of drug-likeness (QED) is 0.620. The highest BCUT2D eigenvalue weighted by Crippen LogP contribution is 2.15. The molecule has 98 valence electrons. The molecule has 0 radical (unpaired) electrons. The summed E-state index contributed by atoms with van der Waals surface area (Å²) in [6.07, 6.45) is 0.719. The Bertz CT molecular complexity index is 283. The van der Waals surface area contributed by atoms with Crippen LogP contribution in [0.25, 0.3) is 0 Å². The van der Waals surface area contributed by atoms with E-state index in [-0.39, 0.29) is 12.5 Å². The second-order valence-corrected chi connectivity index (χ2v) is 4.17. The van der Waals surface area contributed by atoms with Crippen LogP contribution in [0.3, 0.4) is 0 Å². The summed E-state index contributed by atoms with van der Waals surface area (Å²) in [5.41, 5.74) is -1.17. The lowest BCUT2D eigenvalue weighted by molar-refractivity contribution is -0.149. The molecule has 0 saturated carbocycles. The summed E-state index contributed by atoms with van der Waals surface area (Å²) in [5, 5.41) is 14.8. The van der Waals surface area contributed by atoms with Crippen molar-refractivity contribution in [3.8, 4) is 0 Å². The van der Waals surface area contributed by atoms with Crippen molar-refractivity contribution in [2.24, 2.45) is 0 Å². The van der Waals surface area contributed by atoms with E-state index in [1.807, 2.05) is 0 Å². The molecule has 1 fully saturated rings. The minimum atomic E-state index is -1.17. The van der Waals surface area contributed by atoms with E-state index in [4.69, 9.17) is 4.74 Å². The molecule has 1 atom stereocenters. The Morgan fingerprint density at radius 1 is 1.47 bits per heavy atom. The van der Waals surface area contributed by atoms with Crippen LogP contribution in [-0.2, 0) is 14.3 Å². The van der Waals surface area contributed by atoms with Gasteiger partial charge in [0.2, 0.25) is 5.91 Å². The molecule has 0 aliphatic carbocycles. The van der Waals surface area contributed by atoms with Crippen molar-refractivity contribution in [2.75, 3.05) is 19.8 Å². The van der Waals surface area contributed by atoms with E-state index in [9.17, 15) is 14.7 Å². The Kier molecular flexibility index (Phi) is 4.89. The summed E-state index contributed by atoms with van der Waals surface area (Å²) in [6.45, 7) is 4.98. The summed E-state index contributed by atoms with van der Waals surface area (Å²) in [7, 11) is 0. The summed E-state index contributed by atoms with van der Waals surface area (Å²) in [4.78, 5) is 23.2. The largest absolute Gasteiger partial charge is 0.480 e. The molecular weight excluding hydrogens is 224 g/mol. The van der Waals surface area contributed by atoms with Crippen LogP contribution in [0.2, 0.25) is 0 Å². The number of rotatable bonds is 5. The van der Waals surface area contributed by atoms with E-state index >= 15 is 0 Å². The highest BCUT2D eigenvalue weighted by Gasteiger charge is 2.38. The molecular formula is C11H20N2O4. The van der Waals surface area contributed by atoms with Crippen LogP contribution in [0.1, 0.15) is 26.7 Å². The first-order chi connectivity index (χ1) is 8.05. The van der Waals surface area contributed by atoms with Gasteiger partial charge in [0, 0.05) is 6.54 Å². The van der Waals surface area contributed by atoms with Crippen LogP contribution in [0.4, 0.5) is 0 Å². The van der Waals surface area contributed by atoms with Crippen LogP contribution < -0.4 is 10.6 Å². The number of aliphatic carboxylic acids is 1. The number of carboxylic acids is 1. The lowest BCUT2D eigenvalue weighted by atomic mass is 9.92. The van der Waals surface area contributed by atoms with Gasteiger partial charge in [-0.3, -0.25) is 4.79 Å². The number of nitrogens with one attached hydrogen (secondary N) is 2. The molecule has 0 aromatic rings. The Morgan fingerprint density at radius 2 is 2.12 bits per heavy atom. The van der Waals surface area contributed by atoms with Crippen LogP contribution in [0.15, 0.2) is 0 Å². The average Bonchev–Trinajstić information content (AvgIpc) is 2.36. The maximum Gasteiger partial charge on any atom is 0.329 e. The number of carboxylic acid groups (broad SMARTS) is 1. The van der Waals surface area contributed by atoms with Gasteiger partial charge in [0.1, 0.15) is 11.6 Å². The minimum Gasteiger partial charge on any atom is -0.480 e. The number of morpholine rings is 1. The van der Waals surface area contributed by atoms with Gasteiger partial charge in [-0.1, -0.05) is 13.8 Å². The van der Waals surface area contributed by atoms with Crippen molar-refractivity contribution in [3.05, 3.63) is 0 Å². The summed E-state index contributed by atoms with van der Waals surface area (Å²) in [6, 6.07) is -0.458. The topological polar surface area (TPSA) is 87.7 Å². The third kappa shape index (κ3) is 3.17. The Hall–Kier alpha value is -1.14. The lowest BCUT2D eigenvalue weighted by Crippen LogP contribution is -2.60. The smallest absolute Gasteiger partial charge is 0.329 e. The molecule has 1 rings (SSSR count). The fourth-order valence-corrected chi connectivity index (χ4v) is 1.84. The average molecular weight is 244 g/mol. The predicted octanol–water partition coefficient (Wildman–Crippen LogP) is -0.266. The molecule has 6 nitrogen and oxygen atoms in total. The molecule has 1 aliphatic rings. The zero-order valence-corrected chi connectivity index (χ0v) is 10.3. The SMILES string of the molecule is CCC(CC)(NC(=O)C1COCCN1)C(=O)O. The molecule has 0 bridgehead atoms. The highest BCUT2D eigenvalue weighted by atomic mass is 16.5. The van der Waals surface area contributed by atoms with Crippen LogP contribution >= 0.6 is 0 Å². The Morgan fingerprint density at radius 3 is 2.53 bits per heavy atom. The highest BCUT2D eigenvalue weighted by molar-refractivity contribution is 5.89. The van der Waals surface area contributed by atoms with Gasteiger partial charge in [-0.2, -0.15) is 0 Å². The molecule has 1 saturated heterocycles. The van der Waals surface area contributed by atoms with Crippen LogP contribution in [0, 0.1) is 0 Å². The maximum atomic E-state index is 11.9. The first kappa shape index (κ1) is 13.9. The van der Waals surface area contributed by atoms with E-state index in [1.165, 1.54) is 0 Å². The molecule has 6 heteroatoms. The number of carbonyl (C=O) groups excluding carboxylic acids is 1. The molecule has 1 aliphatic heterocycles. The lowest BCUT2D eigenvalue weighted by Gasteiger charge is -2.31. The first-order valence-electron chi connectivity index (χ1n) is 5.92.